The van der Waals surface area contributed by atoms with Crippen LogP contribution in [0.2, 0.25) is 0 Å². The van der Waals surface area contributed by atoms with E-state index in [1.807, 2.05) is 12.1 Å². The van der Waals surface area contributed by atoms with E-state index in [1.54, 1.807) is 0 Å². The number of hydrogen-bond acceptors (Lipinski definition) is 3. The van der Waals surface area contributed by atoms with Gasteiger partial charge in [0.1, 0.15) is 5.75 Å². The second-order valence-electron chi connectivity index (χ2n) is 7.10. The van der Waals surface area contributed by atoms with Crippen LogP contribution in [0.25, 0.3) is 11.1 Å². The Kier molecular flexibility index (Phi) is 10.6. The molecule has 0 aliphatic carbocycles. The fraction of sp³-hybridized carbons (Fsp3) is 0.500. The van der Waals surface area contributed by atoms with Crippen molar-refractivity contribution in [3.63, 3.8) is 0 Å². The summed E-state index contributed by atoms with van der Waals surface area (Å²) in [5.41, 5.74) is 3.82. The van der Waals surface area contributed by atoms with Gasteiger partial charge >= 0.3 is 0 Å². The van der Waals surface area contributed by atoms with Crippen molar-refractivity contribution < 1.29 is 14.9 Å². The zero-order valence-corrected chi connectivity index (χ0v) is 16.4. The largest absolute Gasteiger partial charge is 0.494 e. The summed E-state index contributed by atoms with van der Waals surface area (Å²) in [6.45, 7) is 1.33. The van der Waals surface area contributed by atoms with Crippen molar-refractivity contribution in [2.45, 2.75) is 57.8 Å². The Labute approximate surface area is 164 Å². The van der Waals surface area contributed by atoms with Gasteiger partial charge in [-0.15, -0.1) is 0 Å². The number of unbranched alkanes of at least 4 members (excludes halogenated alkanes) is 6. The summed E-state index contributed by atoms with van der Waals surface area (Å²) in [4.78, 5) is 0. The van der Waals surface area contributed by atoms with Gasteiger partial charge in [-0.2, -0.15) is 0 Å². The van der Waals surface area contributed by atoms with Gasteiger partial charge in [-0.1, -0.05) is 55.7 Å². The second kappa shape index (κ2) is 13.3. The highest BCUT2D eigenvalue weighted by atomic mass is 16.5. The molecule has 0 heterocycles. The van der Waals surface area contributed by atoms with Crippen molar-refractivity contribution in [1.82, 2.24) is 0 Å². The van der Waals surface area contributed by atoms with Crippen LogP contribution in [-0.2, 0) is 6.42 Å². The maximum atomic E-state index is 8.81. The molecule has 0 aliphatic heterocycles. The Morgan fingerprint density at radius 3 is 1.67 bits per heavy atom. The lowest BCUT2D eigenvalue weighted by molar-refractivity contribution is 0.273. The molecule has 0 fully saturated rings. The van der Waals surface area contributed by atoms with Crippen LogP contribution >= 0.6 is 0 Å². The van der Waals surface area contributed by atoms with Crippen LogP contribution in [0.3, 0.4) is 0 Å². The van der Waals surface area contributed by atoms with Gasteiger partial charge in [0.15, 0.2) is 0 Å². The summed E-state index contributed by atoms with van der Waals surface area (Å²) in [6.07, 6.45) is 9.60. The van der Waals surface area contributed by atoms with Crippen LogP contribution < -0.4 is 4.74 Å². The molecule has 0 aromatic heterocycles. The van der Waals surface area contributed by atoms with E-state index in [2.05, 4.69) is 36.4 Å². The molecule has 148 valence electrons. The first kappa shape index (κ1) is 21.5. The van der Waals surface area contributed by atoms with Gasteiger partial charge in [0.2, 0.25) is 0 Å². The van der Waals surface area contributed by atoms with Gasteiger partial charge < -0.3 is 14.9 Å². The van der Waals surface area contributed by atoms with Gasteiger partial charge in [0, 0.05) is 13.2 Å². The average molecular weight is 371 g/mol. The summed E-state index contributed by atoms with van der Waals surface area (Å²) >= 11 is 0. The van der Waals surface area contributed by atoms with Gasteiger partial charge in [0.25, 0.3) is 0 Å². The normalized spacial score (nSPS) is 10.9. The number of aliphatic hydroxyl groups is 2. The molecule has 0 atom stereocenters. The molecule has 0 aliphatic rings. The molecule has 27 heavy (non-hydrogen) atoms. The van der Waals surface area contributed by atoms with E-state index in [0.717, 1.165) is 57.3 Å². The van der Waals surface area contributed by atoms with Crippen molar-refractivity contribution in [1.29, 1.82) is 0 Å². The highest BCUT2D eigenvalue weighted by Gasteiger charge is 2.01. The van der Waals surface area contributed by atoms with Crippen LogP contribution in [0, 0.1) is 0 Å². The molecule has 2 aromatic carbocycles. The fourth-order valence-electron chi connectivity index (χ4n) is 3.16. The predicted molar refractivity (Wildman–Crippen MR) is 112 cm³/mol. The van der Waals surface area contributed by atoms with Crippen molar-refractivity contribution in [3.8, 4) is 16.9 Å². The van der Waals surface area contributed by atoms with Crippen molar-refractivity contribution in [2.24, 2.45) is 0 Å². The molecule has 0 bridgehead atoms. The van der Waals surface area contributed by atoms with E-state index >= 15 is 0 Å². The Bertz CT molecular complexity index is 605. The minimum Gasteiger partial charge on any atom is -0.494 e. The SMILES string of the molecule is OCCCCCCOc1ccc(-c2ccc(CCCCCCO)cc2)cc1. The van der Waals surface area contributed by atoms with Crippen molar-refractivity contribution in [2.75, 3.05) is 19.8 Å². The van der Waals surface area contributed by atoms with Gasteiger partial charge in [-0.25, -0.2) is 0 Å². The Hall–Kier alpha value is -1.84. The van der Waals surface area contributed by atoms with Crippen molar-refractivity contribution in [3.05, 3.63) is 54.1 Å². The number of rotatable bonds is 14. The molecule has 2 rings (SSSR count). The molecule has 0 unspecified atom stereocenters. The predicted octanol–water partition coefficient (Wildman–Crippen LogP) is 5.38. The highest BCUT2D eigenvalue weighted by molar-refractivity contribution is 5.64. The molecule has 0 spiro atoms. The Balaban J connectivity index is 1.74. The first-order valence-corrected chi connectivity index (χ1v) is 10.4. The van der Waals surface area contributed by atoms with Gasteiger partial charge in [-0.3, -0.25) is 0 Å². The van der Waals surface area contributed by atoms with Crippen LogP contribution in [-0.4, -0.2) is 30.0 Å². The Morgan fingerprint density at radius 1 is 0.556 bits per heavy atom. The summed E-state index contributed by atoms with van der Waals surface area (Å²) in [6, 6.07) is 17.1. The first-order chi connectivity index (χ1) is 13.3. The number of aliphatic hydroxyl groups excluding tert-OH is 2. The molecule has 3 nitrogen and oxygen atoms in total. The fourth-order valence-corrected chi connectivity index (χ4v) is 3.16. The summed E-state index contributed by atoms with van der Waals surface area (Å²) in [5, 5.41) is 17.6. The minimum atomic E-state index is 0.286. The second-order valence-corrected chi connectivity index (χ2v) is 7.10. The average Bonchev–Trinajstić information content (AvgIpc) is 2.71. The van der Waals surface area contributed by atoms with Crippen LogP contribution in [0.1, 0.15) is 56.9 Å². The molecule has 0 saturated carbocycles. The third-order valence-corrected chi connectivity index (χ3v) is 4.84. The number of aryl methyl sites for hydroxylation is 1. The van der Waals surface area contributed by atoms with Crippen LogP contribution in [0.5, 0.6) is 5.75 Å². The molecular weight excluding hydrogens is 336 g/mol. The third-order valence-electron chi connectivity index (χ3n) is 4.84. The summed E-state index contributed by atoms with van der Waals surface area (Å²) < 4.78 is 5.79. The number of ether oxygens (including phenoxy) is 1. The molecule has 0 radical (unpaired) electrons. The lowest BCUT2D eigenvalue weighted by atomic mass is 10.0. The van der Waals surface area contributed by atoms with Crippen LogP contribution in [0.15, 0.2) is 48.5 Å². The van der Waals surface area contributed by atoms with E-state index in [9.17, 15) is 0 Å². The number of hydrogen-bond donors (Lipinski definition) is 2. The Morgan fingerprint density at radius 2 is 1.07 bits per heavy atom. The smallest absolute Gasteiger partial charge is 0.119 e. The zero-order chi connectivity index (χ0) is 19.2. The topological polar surface area (TPSA) is 49.7 Å². The summed E-state index contributed by atoms with van der Waals surface area (Å²) in [5.74, 6) is 0.917. The van der Waals surface area contributed by atoms with Gasteiger partial charge in [-0.05, 0) is 67.3 Å². The molecule has 2 aromatic rings. The molecule has 0 saturated heterocycles. The maximum Gasteiger partial charge on any atom is 0.119 e. The highest BCUT2D eigenvalue weighted by Crippen LogP contribution is 2.23. The number of benzene rings is 2. The summed E-state index contributed by atoms with van der Waals surface area (Å²) in [7, 11) is 0. The first-order valence-electron chi connectivity index (χ1n) is 10.4. The van der Waals surface area contributed by atoms with E-state index in [1.165, 1.54) is 29.5 Å². The van der Waals surface area contributed by atoms with E-state index in [0.29, 0.717) is 6.61 Å². The third kappa shape index (κ3) is 8.59. The standard InChI is InChI=1S/C24H34O3/c25-18-6-2-1-5-9-21-10-12-22(13-11-21)23-14-16-24(17-15-23)27-20-8-4-3-7-19-26/h10-17,25-26H,1-9,18-20H2. The van der Waals surface area contributed by atoms with Gasteiger partial charge in [0.05, 0.1) is 6.61 Å². The zero-order valence-electron chi connectivity index (χ0n) is 16.4. The quantitative estimate of drug-likeness (QED) is 0.439. The maximum absolute atomic E-state index is 8.81. The molecule has 0 amide bonds. The van der Waals surface area contributed by atoms with E-state index in [4.69, 9.17) is 14.9 Å². The lowest BCUT2D eigenvalue weighted by Gasteiger charge is -2.08. The van der Waals surface area contributed by atoms with Crippen molar-refractivity contribution >= 4 is 0 Å². The van der Waals surface area contributed by atoms with Crippen LogP contribution in [0.4, 0.5) is 0 Å². The molecule has 2 N–H and O–H groups in total. The molecular formula is C24H34O3. The monoisotopic (exact) mass is 370 g/mol. The minimum absolute atomic E-state index is 0.286. The lowest BCUT2D eigenvalue weighted by Crippen LogP contribution is -1.97. The van der Waals surface area contributed by atoms with E-state index < -0.39 is 0 Å². The van der Waals surface area contributed by atoms with E-state index in [-0.39, 0.29) is 6.61 Å². The molecule has 3 heteroatoms.